The Morgan fingerprint density at radius 1 is 1.15 bits per heavy atom. The van der Waals surface area contributed by atoms with Gasteiger partial charge in [0.05, 0.1) is 11.4 Å². The second-order valence-corrected chi connectivity index (χ2v) is 7.77. The lowest BCUT2D eigenvalue weighted by atomic mass is 10.1. The lowest BCUT2D eigenvalue weighted by Gasteiger charge is -2.22. The Morgan fingerprint density at radius 3 is 2.78 bits per heavy atom. The molecule has 0 spiro atoms. The largest absolute Gasteiger partial charge is 0.308 e. The molecule has 6 nitrogen and oxygen atoms in total. The van der Waals surface area contributed by atoms with Crippen LogP contribution in [-0.2, 0) is 11.2 Å². The average molecular weight is 379 g/mol. The average Bonchev–Trinajstić information content (AvgIpc) is 3.25. The fourth-order valence-electron chi connectivity index (χ4n) is 3.53. The van der Waals surface area contributed by atoms with Crippen molar-refractivity contribution in [1.29, 1.82) is 0 Å². The minimum Gasteiger partial charge on any atom is -0.308 e. The summed E-state index contributed by atoms with van der Waals surface area (Å²) in [5, 5.41) is 12.7. The molecule has 2 heterocycles. The summed E-state index contributed by atoms with van der Waals surface area (Å²) in [6.07, 6.45) is 0.896. The third-order valence-electron chi connectivity index (χ3n) is 5.05. The number of benzene rings is 2. The first-order valence-electron chi connectivity index (χ1n) is 8.94. The van der Waals surface area contributed by atoms with Crippen molar-refractivity contribution in [3.63, 3.8) is 0 Å². The van der Waals surface area contributed by atoms with Crippen molar-refractivity contribution < 1.29 is 4.79 Å². The molecule has 3 aromatic rings. The Hall–Kier alpha value is -2.67. The van der Waals surface area contributed by atoms with Gasteiger partial charge in [0.15, 0.2) is 0 Å². The molecule has 0 aliphatic carbocycles. The molecule has 1 aromatic heterocycles. The number of tetrazole rings is 1. The Morgan fingerprint density at radius 2 is 1.93 bits per heavy atom. The van der Waals surface area contributed by atoms with Crippen molar-refractivity contribution in [2.45, 2.75) is 38.4 Å². The highest BCUT2D eigenvalue weighted by Crippen LogP contribution is 2.33. The van der Waals surface area contributed by atoms with Crippen LogP contribution < -0.4 is 4.90 Å². The molecule has 0 fully saturated rings. The summed E-state index contributed by atoms with van der Waals surface area (Å²) >= 11 is 1.37. The quantitative estimate of drug-likeness (QED) is 0.651. The van der Waals surface area contributed by atoms with E-state index < -0.39 is 0 Å². The number of rotatable bonds is 4. The van der Waals surface area contributed by atoms with E-state index in [0.29, 0.717) is 10.9 Å². The molecule has 138 valence electrons. The van der Waals surface area contributed by atoms with Gasteiger partial charge in [0.1, 0.15) is 0 Å². The monoisotopic (exact) mass is 379 g/mol. The van der Waals surface area contributed by atoms with E-state index in [1.54, 1.807) is 4.68 Å². The lowest BCUT2D eigenvalue weighted by Crippen LogP contribution is -2.37. The van der Waals surface area contributed by atoms with Crippen LogP contribution in [0, 0.1) is 13.8 Å². The smallest absolute Gasteiger partial charge is 0.237 e. The number of hydrogen-bond donors (Lipinski definition) is 0. The highest BCUT2D eigenvalue weighted by Gasteiger charge is 2.30. The minimum absolute atomic E-state index is 0.0768. The number of carbonyl (C=O) groups is 1. The van der Waals surface area contributed by atoms with Crippen molar-refractivity contribution in [2.24, 2.45) is 0 Å². The number of aryl methyl sites for hydroxylation is 1. The van der Waals surface area contributed by atoms with Crippen molar-refractivity contribution in [3.05, 3.63) is 59.2 Å². The molecule has 1 aliphatic heterocycles. The lowest BCUT2D eigenvalue weighted by molar-refractivity contribution is -0.116. The van der Waals surface area contributed by atoms with E-state index in [1.165, 1.54) is 22.9 Å². The van der Waals surface area contributed by atoms with Crippen LogP contribution in [0.1, 0.15) is 23.6 Å². The fraction of sp³-hybridized carbons (Fsp3) is 0.300. The highest BCUT2D eigenvalue weighted by molar-refractivity contribution is 7.99. The second-order valence-electron chi connectivity index (χ2n) is 6.83. The summed E-state index contributed by atoms with van der Waals surface area (Å²) < 4.78 is 1.71. The first kappa shape index (κ1) is 17.7. The maximum atomic E-state index is 12.9. The minimum atomic E-state index is 0.0768. The van der Waals surface area contributed by atoms with E-state index in [0.717, 1.165) is 23.4 Å². The zero-order valence-electron chi connectivity index (χ0n) is 15.6. The van der Waals surface area contributed by atoms with E-state index in [2.05, 4.69) is 48.4 Å². The van der Waals surface area contributed by atoms with Crippen LogP contribution in [0.3, 0.4) is 0 Å². The SMILES string of the molecule is Cc1cccc(-n2nnnc2SCC(=O)N2c3ccccc3C[C@H]2C)c1C. The van der Waals surface area contributed by atoms with E-state index in [4.69, 9.17) is 0 Å². The molecule has 0 bridgehead atoms. The molecule has 4 rings (SSSR count). The normalized spacial score (nSPS) is 15.8. The Balaban J connectivity index is 1.53. The summed E-state index contributed by atoms with van der Waals surface area (Å²) in [7, 11) is 0. The molecule has 0 radical (unpaired) electrons. The predicted molar refractivity (Wildman–Crippen MR) is 106 cm³/mol. The van der Waals surface area contributed by atoms with E-state index in [1.807, 2.05) is 35.2 Å². The molecule has 0 saturated carbocycles. The van der Waals surface area contributed by atoms with Gasteiger partial charge in [-0.2, -0.15) is 4.68 Å². The molecular weight excluding hydrogens is 358 g/mol. The highest BCUT2D eigenvalue weighted by atomic mass is 32.2. The van der Waals surface area contributed by atoms with Crippen molar-refractivity contribution in [2.75, 3.05) is 10.7 Å². The van der Waals surface area contributed by atoms with Gasteiger partial charge in [-0.05, 0) is 66.4 Å². The number of thioether (sulfide) groups is 1. The number of fused-ring (bicyclic) bond motifs is 1. The Bertz CT molecular complexity index is 1000. The number of nitrogens with zero attached hydrogens (tertiary/aromatic N) is 5. The van der Waals surface area contributed by atoms with Crippen LogP contribution in [0.2, 0.25) is 0 Å². The van der Waals surface area contributed by atoms with E-state index in [-0.39, 0.29) is 11.9 Å². The first-order valence-corrected chi connectivity index (χ1v) is 9.92. The van der Waals surface area contributed by atoms with Crippen LogP contribution in [0.15, 0.2) is 47.6 Å². The number of hydrogen-bond acceptors (Lipinski definition) is 5. The maximum Gasteiger partial charge on any atom is 0.237 e. The summed E-state index contributed by atoms with van der Waals surface area (Å²) in [5.74, 6) is 0.372. The molecule has 1 atom stereocenters. The van der Waals surface area contributed by atoms with Crippen molar-refractivity contribution in [3.8, 4) is 5.69 Å². The van der Waals surface area contributed by atoms with Gasteiger partial charge >= 0.3 is 0 Å². The van der Waals surface area contributed by atoms with Gasteiger partial charge in [-0.25, -0.2) is 0 Å². The third kappa shape index (κ3) is 3.23. The van der Waals surface area contributed by atoms with Crippen LogP contribution >= 0.6 is 11.8 Å². The number of carbonyl (C=O) groups excluding carboxylic acids is 1. The number of anilines is 1. The molecule has 0 unspecified atom stereocenters. The second kappa shape index (κ2) is 7.15. The maximum absolute atomic E-state index is 12.9. The van der Waals surface area contributed by atoms with E-state index in [9.17, 15) is 4.79 Å². The van der Waals surface area contributed by atoms with Crippen LogP contribution in [0.5, 0.6) is 0 Å². The fourth-order valence-corrected chi connectivity index (χ4v) is 4.27. The number of amides is 1. The topological polar surface area (TPSA) is 63.9 Å². The molecule has 27 heavy (non-hydrogen) atoms. The van der Waals surface area contributed by atoms with Gasteiger partial charge in [0.2, 0.25) is 11.1 Å². The molecule has 0 saturated heterocycles. The van der Waals surface area contributed by atoms with Crippen molar-refractivity contribution in [1.82, 2.24) is 20.2 Å². The van der Waals surface area contributed by atoms with Crippen LogP contribution in [0.25, 0.3) is 5.69 Å². The van der Waals surface area contributed by atoms with Gasteiger partial charge < -0.3 is 4.90 Å². The summed E-state index contributed by atoms with van der Waals surface area (Å²) in [6.45, 7) is 6.20. The van der Waals surface area contributed by atoms with Gasteiger partial charge in [-0.1, -0.05) is 42.1 Å². The zero-order chi connectivity index (χ0) is 19.0. The van der Waals surface area contributed by atoms with Crippen molar-refractivity contribution >= 4 is 23.4 Å². The molecule has 1 amide bonds. The summed E-state index contributed by atoms with van der Waals surface area (Å²) in [6, 6.07) is 14.3. The van der Waals surface area contributed by atoms with E-state index >= 15 is 0 Å². The van der Waals surface area contributed by atoms with Gasteiger partial charge in [0, 0.05) is 11.7 Å². The molecular formula is C20H21N5OS. The van der Waals surface area contributed by atoms with Crippen LogP contribution in [0.4, 0.5) is 5.69 Å². The molecule has 2 aromatic carbocycles. The van der Waals surface area contributed by atoms with Gasteiger partial charge in [-0.3, -0.25) is 4.79 Å². The van der Waals surface area contributed by atoms with Gasteiger partial charge in [0.25, 0.3) is 0 Å². The Labute approximate surface area is 162 Å². The third-order valence-corrected chi connectivity index (χ3v) is 5.95. The number of para-hydroxylation sites is 1. The predicted octanol–water partition coefficient (Wildman–Crippen LogP) is 3.35. The summed E-state index contributed by atoms with van der Waals surface area (Å²) in [4.78, 5) is 14.8. The molecule has 7 heteroatoms. The number of aromatic nitrogens is 4. The molecule has 0 N–H and O–H groups in total. The summed E-state index contributed by atoms with van der Waals surface area (Å²) in [5.41, 5.74) is 5.49. The van der Waals surface area contributed by atoms with Crippen LogP contribution in [-0.4, -0.2) is 37.9 Å². The first-order chi connectivity index (χ1) is 13.1. The standard InChI is InChI=1S/C20H21N5OS/c1-13-7-6-10-17(15(13)3)25-20(21-22-23-25)27-12-19(26)24-14(2)11-16-8-4-5-9-18(16)24/h4-10,14H,11-12H2,1-3H3/t14-/m1/s1. The van der Waals surface area contributed by atoms with Gasteiger partial charge in [-0.15, -0.1) is 5.10 Å². The Kier molecular flexibility index (Phi) is 4.70. The molecule has 1 aliphatic rings. The zero-order valence-corrected chi connectivity index (χ0v) is 16.4.